The standard InChI is InChI=1S/C12H11NO.C12H9NO/c2*14-7-3-4-10-8-11-5-1-2-6-12(11)13-9-10/h1-6,8-9,14H,7H2;1-2,5-6,8-9,14H,7H2. The van der Waals surface area contributed by atoms with Crippen molar-refractivity contribution in [2.24, 2.45) is 0 Å². The van der Waals surface area contributed by atoms with Crippen LogP contribution >= 0.6 is 0 Å². The lowest BCUT2D eigenvalue weighted by Gasteiger charge is -1.97. The first kappa shape index (κ1) is 19.2. The van der Waals surface area contributed by atoms with Gasteiger partial charge in [-0.3, -0.25) is 9.97 Å². The van der Waals surface area contributed by atoms with Crippen molar-refractivity contribution in [3.63, 3.8) is 0 Å². The van der Waals surface area contributed by atoms with E-state index >= 15 is 0 Å². The summed E-state index contributed by atoms with van der Waals surface area (Å²) in [6.07, 6.45) is 7.07. The van der Waals surface area contributed by atoms with Gasteiger partial charge in [-0.2, -0.15) is 0 Å². The van der Waals surface area contributed by atoms with Crippen molar-refractivity contribution < 1.29 is 10.2 Å². The summed E-state index contributed by atoms with van der Waals surface area (Å²) >= 11 is 0. The molecule has 0 spiro atoms. The van der Waals surface area contributed by atoms with Crippen LogP contribution in [0.15, 0.2) is 79.1 Å². The van der Waals surface area contributed by atoms with E-state index in [0.29, 0.717) is 0 Å². The molecule has 2 N–H and O–H groups in total. The Hall–Kier alpha value is -3.52. The van der Waals surface area contributed by atoms with Crippen molar-refractivity contribution in [1.82, 2.24) is 9.97 Å². The molecule has 0 unspecified atom stereocenters. The molecular weight excluding hydrogens is 348 g/mol. The molecule has 2 aromatic carbocycles. The van der Waals surface area contributed by atoms with Crippen LogP contribution in [-0.2, 0) is 0 Å². The molecule has 4 rings (SSSR count). The average Bonchev–Trinajstić information content (AvgIpc) is 2.76. The highest BCUT2D eigenvalue weighted by Gasteiger charge is 1.94. The Labute approximate surface area is 163 Å². The van der Waals surface area contributed by atoms with Gasteiger partial charge in [-0.1, -0.05) is 60.4 Å². The second-order valence-corrected chi connectivity index (χ2v) is 5.92. The van der Waals surface area contributed by atoms with E-state index in [1.54, 1.807) is 18.5 Å². The monoisotopic (exact) mass is 368 g/mol. The molecule has 0 aliphatic carbocycles. The Balaban J connectivity index is 0.000000161. The molecule has 2 aromatic heterocycles. The maximum absolute atomic E-state index is 8.63. The summed E-state index contributed by atoms with van der Waals surface area (Å²) in [5.41, 5.74) is 3.80. The maximum atomic E-state index is 8.63. The fourth-order valence-electron chi connectivity index (χ4n) is 2.65. The van der Waals surface area contributed by atoms with Gasteiger partial charge in [0, 0.05) is 28.7 Å². The van der Waals surface area contributed by atoms with Crippen LogP contribution in [0.1, 0.15) is 11.1 Å². The van der Waals surface area contributed by atoms with Crippen LogP contribution in [0.3, 0.4) is 0 Å². The zero-order chi connectivity index (χ0) is 19.6. The second kappa shape index (κ2) is 9.98. The number of hydrogen-bond acceptors (Lipinski definition) is 4. The highest BCUT2D eigenvalue weighted by molar-refractivity contribution is 5.80. The largest absolute Gasteiger partial charge is 0.392 e. The van der Waals surface area contributed by atoms with Crippen molar-refractivity contribution in [3.8, 4) is 11.8 Å². The van der Waals surface area contributed by atoms with Gasteiger partial charge in [0.15, 0.2) is 0 Å². The zero-order valence-electron chi connectivity index (χ0n) is 15.3. The summed E-state index contributed by atoms with van der Waals surface area (Å²) < 4.78 is 0. The fourth-order valence-corrected chi connectivity index (χ4v) is 2.65. The van der Waals surface area contributed by atoms with Crippen LogP contribution in [-0.4, -0.2) is 33.4 Å². The van der Waals surface area contributed by atoms with E-state index in [2.05, 4.69) is 27.9 Å². The van der Waals surface area contributed by atoms with Crippen LogP contribution < -0.4 is 0 Å². The van der Waals surface area contributed by atoms with E-state index in [4.69, 9.17) is 10.2 Å². The van der Waals surface area contributed by atoms with Crippen LogP contribution in [0, 0.1) is 11.8 Å². The number of hydrogen-bond donors (Lipinski definition) is 2. The molecule has 0 bridgehead atoms. The highest BCUT2D eigenvalue weighted by atomic mass is 16.3. The number of aliphatic hydroxyl groups excluding tert-OH is 2. The van der Waals surface area contributed by atoms with Crippen molar-refractivity contribution in [2.45, 2.75) is 0 Å². The van der Waals surface area contributed by atoms with E-state index in [-0.39, 0.29) is 13.2 Å². The number of aromatic nitrogens is 2. The van der Waals surface area contributed by atoms with Crippen LogP contribution in [0.2, 0.25) is 0 Å². The third kappa shape index (κ3) is 5.24. The lowest BCUT2D eigenvalue weighted by Crippen LogP contribution is -1.82. The van der Waals surface area contributed by atoms with E-state index in [1.165, 1.54) is 0 Å². The van der Waals surface area contributed by atoms with Gasteiger partial charge in [-0.05, 0) is 29.8 Å². The average molecular weight is 368 g/mol. The number of aliphatic hydroxyl groups is 2. The van der Waals surface area contributed by atoms with E-state index in [9.17, 15) is 0 Å². The van der Waals surface area contributed by atoms with Gasteiger partial charge in [0.05, 0.1) is 17.6 Å². The van der Waals surface area contributed by atoms with Gasteiger partial charge in [0.25, 0.3) is 0 Å². The Morgan fingerprint density at radius 1 is 0.821 bits per heavy atom. The zero-order valence-corrected chi connectivity index (χ0v) is 15.3. The summed E-state index contributed by atoms with van der Waals surface area (Å²) in [7, 11) is 0. The normalized spacial score (nSPS) is 10.4. The highest BCUT2D eigenvalue weighted by Crippen LogP contribution is 2.13. The summed E-state index contributed by atoms with van der Waals surface area (Å²) in [5.74, 6) is 5.42. The molecule has 28 heavy (non-hydrogen) atoms. The van der Waals surface area contributed by atoms with E-state index in [1.807, 2.05) is 60.7 Å². The number of fused-ring (bicyclic) bond motifs is 2. The SMILES string of the molecule is OCC#Cc1cnc2ccccc2c1.OCC=Cc1cnc2ccccc2c1. The van der Waals surface area contributed by atoms with E-state index in [0.717, 1.165) is 32.9 Å². The third-order valence-corrected chi connectivity index (χ3v) is 3.93. The molecule has 0 aliphatic heterocycles. The quantitative estimate of drug-likeness (QED) is 0.528. The number of nitrogens with zero attached hydrogens (tertiary/aromatic N) is 2. The predicted octanol–water partition coefficient (Wildman–Crippen LogP) is 3.82. The van der Waals surface area contributed by atoms with Crippen molar-refractivity contribution >= 4 is 27.9 Å². The fraction of sp³-hybridized carbons (Fsp3) is 0.0833. The molecule has 138 valence electrons. The van der Waals surface area contributed by atoms with Crippen molar-refractivity contribution in [3.05, 3.63) is 90.3 Å². The molecule has 0 atom stereocenters. The van der Waals surface area contributed by atoms with Crippen molar-refractivity contribution in [1.29, 1.82) is 0 Å². The molecule has 0 aliphatic rings. The summed E-state index contributed by atoms with van der Waals surface area (Å²) in [5, 5.41) is 19.4. The molecule has 4 nitrogen and oxygen atoms in total. The van der Waals surface area contributed by atoms with Crippen LogP contribution in [0.4, 0.5) is 0 Å². The number of benzene rings is 2. The van der Waals surface area contributed by atoms with Crippen LogP contribution in [0.25, 0.3) is 27.9 Å². The topological polar surface area (TPSA) is 66.2 Å². The van der Waals surface area contributed by atoms with Gasteiger partial charge in [0.1, 0.15) is 6.61 Å². The minimum absolute atomic E-state index is 0.0623. The molecule has 4 heteroatoms. The summed E-state index contributed by atoms with van der Waals surface area (Å²) in [6.45, 7) is -0.0559. The lowest BCUT2D eigenvalue weighted by molar-refractivity contribution is 0.343. The number of para-hydroxylation sites is 2. The lowest BCUT2D eigenvalue weighted by atomic mass is 10.1. The first-order chi connectivity index (χ1) is 13.8. The Kier molecular flexibility index (Phi) is 6.86. The molecule has 0 amide bonds. The third-order valence-electron chi connectivity index (χ3n) is 3.93. The Morgan fingerprint density at radius 3 is 2.14 bits per heavy atom. The van der Waals surface area contributed by atoms with Crippen molar-refractivity contribution in [2.75, 3.05) is 13.2 Å². The van der Waals surface area contributed by atoms with Gasteiger partial charge in [-0.15, -0.1) is 0 Å². The second-order valence-electron chi connectivity index (χ2n) is 5.92. The minimum atomic E-state index is -0.118. The van der Waals surface area contributed by atoms with Gasteiger partial charge >= 0.3 is 0 Å². The van der Waals surface area contributed by atoms with E-state index < -0.39 is 0 Å². The molecule has 0 fully saturated rings. The van der Waals surface area contributed by atoms with Gasteiger partial charge < -0.3 is 10.2 Å². The maximum Gasteiger partial charge on any atom is 0.104 e. The minimum Gasteiger partial charge on any atom is -0.392 e. The number of pyridine rings is 2. The van der Waals surface area contributed by atoms with Gasteiger partial charge in [0.2, 0.25) is 0 Å². The smallest absolute Gasteiger partial charge is 0.104 e. The molecular formula is C24H20N2O2. The van der Waals surface area contributed by atoms with Gasteiger partial charge in [-0.25, -0.2) is 0 Å². The molecule has 2 heterocycles. The molecule has 0 radical (unpaired) electrons. The molecule has 0 saturated carbocycles. The summed E-state index contributed by atoms with van der Waals surface area (Å²) in [4.78, 5) is 8.55. The Bertz CT molecular complexity index is 1160. The first-order valence-corrected chi connectivity index (χ1v) is 8.87. The summed E-state index contributed by atoms with van der Waals surface area (Å²) in [6, 6.07) is 19.8. The Morgan fingerprint density at radius 2 is 1.46 bits per heavy atom. The first-order valence-electron chi connectivity index (χ1n) is 8.87. The molecule has 4 aromatic rings. The predicted molar refractivity (Wildman–Crippen MR) is 114 cm³/mol. The molecule has 0 saturated heterocycles. The number of rotatable bonds is 2. The van der Waals surface area contributed by atoms with Crippen LogP contribution in [0.5, 0.6) is 0 Å².